The molecule has 0 radical (unpaired) electrons. The number of nitrogens with one attached hydrogen (secondary N) is 1. The summed E-state index contributed by atoms with van der Waals surface area (Å²) in [5, 5.41) is 24.4. The van der Waals surface area contributed by atoms with Crippen LogP contribution in [-0.4, -0.2) is 50.8 Å². The fourth-order valence-electron chi connectivity index (χ4n) is 2.88. The molecule has 1 amide bonds. The minimum absolute atomic E-state index is 0.00637. The van der Waals surface area contributed by atoms with Gasteiger partial charge in [0, 0.05) is 10.6 Å². The third-order valence-corrected chi connectivity index (χ3v) is 5.02. The van der Waals surface area contributed by atoms with Crippen molar-refractivity contribution in [3.63, 3.8) is 0 Å². The maximum absolute atomic E-state index is 13.7. The molecule has 3 aromatic rings. The van der Waals surface area contributed by atoms with Crippen molar-refractivity contribution >= 4 is 17.5 Å². The van der Waals surface area contributed by atoms with E-state index in [-0.39, 0.29) is 11.4 Å². The van der Waals surface area contributed by atoms with Gasteiger partial charge in [0.05, 0.1) is 18.0 Å². The fraction of sp³-hybridized carbons (Fsp3) is 0.190. The van der Waals surface area contributed by atoms with Gasteiger partial charge < -0.3 is 15.5 Å². The van der Waals surface area contributed by atoms with E-state index in [0.717, 1.165) is 18.2 Å². The van der Waals surface area contributed by atoms with E-state index < -0.39 is 47.8 Å². The number of carbonyl (C=O) groups excluding carboxylic acids is 1. The number of carbonyl (C=O) groups is 1. The van der Waals surface area contributed by atoms with Gasteiger partial charge in [0.15, 0.2) is 5.54 Å². The van der Waals surface area contributed by atoms with Gasteiger partial charge in [0.2, 0.25) is 6.36 Å². The first kappa shape index (κ1) is 24.4. The van der Waals surface area contributed by atoms with Crippen LogP contribution in [0.2, 0.25) is 5.02 Å². The summed E-state index contributed by atoms with van der Waals surface area (Å²) in [6.07, 6.45) is -7.08. The predicted octanol–water partition coefficient (Wildman–Crippen LogP) is 2.71. The highest BCUT2D eigenvalue weighted by molar-refractivity contribution is 6.30. The maximum atomic E-state index is 13.7. The molecule has 33 heavy (non-hydrogen) atoms. The topological polar surface area (TPSA) is 104 Å². The molecule has 0 saturated carbocycles. The van der Waals surface area contributed by atoms with E-state index >= 15 is 0 Å². The Balaban J connectivity index is 2.20. The Morgan fingerprint density at radius 3 is 2.36 bits per heavy atom. The highest BCUT2D eigenvalue weighted by atomic mass is 35.5. The maximum Gasteiger partial charge on any atom is 0.284 e. The number of benzene rings is 2. The van der Waals surface area contributed by atoms with Crippen molar-refractivity contribution in [3.05, 3.63) is 81.4 Å². The molecule has 3 rings (SSSR count). The van der Waals surface area contributed by atoms with Crippen LogP contribution in [0.5, 0.6) is 0 Å². The van der Waals surface area contributed by atoms with Gasteiger partial charge in [0.1, 0.15) is 11.4 Å². The number of nitrogens with zero attached hydrogens (tertiary/aromatic N) is 2. The highest BCUT2D eigenvalue weighted by Crippen LogP contribution is 2.24. The summed E-state index contributed by atoms with van der Waals surface area (Å²) in [5.41, 5.74) is -5.04. The summed E-state index contributed by atoms with van der Waals surface area (Å²) in [4.78, 5) is 25.7. The normalized spacial score (nSPS) is 14.1. The van der Waals surface area contributed by atoms with Crippen molar-refractivity contribution in [2.75, 3.05) is 6.61 Å². The standard InChI is InChI=1S/C21H16ClF4N3O4/c22-12-6-4-11(5-7-12)16-9-15(17(31)27-21(10-30,19(24)25)20(26)33)18(32)29(28-16)14-3-1-2-13(23)8-14/h1-9,19-20,30,33H,10H2,(H,27,31). The molecule has 1 aromatic heterocycles. The monoisotopic (exact) mass is 485 g/mol. The largest absolute Gasteiger partial charge is 0.393 e. The molecule has 0 spiro atoms. The van der Waals surface area contributed by atoms with Crippen LogP contribution in [0.1, 0.15) is 10.4 Å². The van der Waals surface area contributed by atoms with Crippen LogP contribution in [0, 0.1) is 5.82 Å². The lowest BCUT2D eigenvalue weighted by atomic mass is 10.0. The molecule has 0 fully saturated rings. The molecular formula is C21H16ClF4N3O4. The van der Waals surface area contributed by atoms with Crippen molar-refractivity contribution < 1.29 is 32.6 Å². The van der Waals surface area contributed by atoms with E-state index in [1.807, 2.05) is 0 Å². The van der Waals surface area contributed by atoms with Crippen molar-refractivity contribution in [1.29, 1.82) is 0 Å². The molecule has 12 heteroatoms. The van der Waals surface area contributed by atoms with Crippen LogP contribution in [0.4, 0.5) is 17.6 Å². The number of hydrogen-bond donors (Lipinski definition) is 3. The van der Waals surface area contributed by atoms with Crippen molar-refractivity contribution in [1.82, 2.24) is 15.1 Å². The lowest BCUT2D eigenvalue weighted by Gasteiger charge is -2.32. The van der Waals surface area contributed by atoms with Crippen molar-refractivity contribution in [2.45, 2.75) is 18.3 Å². The van der Waals surface area contributed by atoms with Crippen LogP contribution in [0.25, 0.3) is 16.9 Å². The van der Waals surface area contributed by atoms with Crippen LogP contribution in [0.15, 0.2) is 59.4 Å². The third kappa shape index (κ3) is 4.90. The Morgan fingerprint density at radius 1 is 1.15 bits per heavy atom. The molecule has 0 aliphatic carbocycles. The number of hydrogen-bond acceptors (Lipinski definition) is 5. The Labute approximate surface area is 188 Å². The van der Waals surface area contributed by atoms with E-state index in [1.54, 1.807) is 0 Å². The minimum atomic E-state index is -3.73. The number of aromatic nitrogens is 2. The molecule has 0 bridgehead atoms. The molecule has 2 aromatic carbocycles. The van der Waals surface area contributed by atoms with Gasteiger partial charge in [0.25, 0.3) is 17.9 Å². The number of amides is 1. The second-order valence-electron chi connectivity index (χ2n) is 6.94. The van der Waals surface area contributed by atoms with Gasteiger partial charge in [-0.05, 0) is 36.4 Å². The first-order valence-corrected chi connectivity index (χ1v) is 9.67. The van der Waals surface area contributed by atoms with Gasteiger partial charge in [-0.2, -0.15) is 9.78 Å². The zero-order chi connectivity index (χ0) is 24.3. The summed E-state index contributed by atoms with van der Waals surface area (Å²) in [6, 6.07) is 11.6. The number of alkyl halides is 3. The van der Waals surface area contributed by atoms with Crippen LogP contribution in [0.3, 0.4) is 0 Å². The SMILES string of the molecule is O=C(NC(CO)(C(O)F)C(F)F)c1cc(-c2ccc(Cl)cc2)nn(-c2cccc(F)c2)c1=O. The summed E-state index contributed by atoms with van der Waals surface area (Å²) >= 11 is 5.86. The molecule has 7 nitrogen and oxygen atoms in total. The number of aliphatic hydroxyl groups is 2. The third-order valence-electron chi connectivity index (χ3n) is 4.77. The average Bonchev–Trinajstić information content (AvgIpc) is 2.77. The molecule has 2 atom stereocenters. The van der Waals surface area contributed by atoms with E-state index in [9.17, 15) is 32.3 Å². The zero-order valence-electron chi connectivity index (χ0n) is 16.6. The molecule has 1 heterocycles. The summed E-state index contributed by atoms with van der Waals surface area (Å²) in [5.74, 6) is -2.24. The van der Waals surface area contributed by atoms with Gasteiger partial charge in [-0.1, -0.05) is 29.8 Å². The van der Waals surface area contributed by atoms with Crippen molar-refractivity contribution in [2.24, 2.45) is 0 Å². The Hall–Kier alpha value is -3.28. The molecule has 0 aliphatic rings. The Bertz CT molecular complexity index is 1210. The van der Waals surface area contributed by atoms with Crippen LogP contribution in [-0.2, 0) is 0 Å². The fourth-order valence-corrected chi connectivity index (χ4v) is 3.01. The first-order valence-electron chi connectivity index (χ1n) is 9.29. The summed E-state index contributed by atoms with van der Waals surface area (Å²) in [6.45, 7) is -1.67. The summed E-state index contributed by atoms with van der Waals surface area (Å²) < 4.78 is 54.8. The van der Waals surface area contributed by atoms with E-state index in [2.05, 4.69) is 5.10 Å². The molecular weight excluding hydrogens is 470 g/mol. The first-order chi connectivity index (χ1) is 15.6. The average molecular weight is 486 g/mol. The van der Waals surface area contributed by atoms with E-state index in [0.29, 0.717) is 15.3 Å². The summed E-state index contributed by atoms with van der Waals surface area (Å²) in [7, 11) is 0. The van der Waals surface area contributed by atoms with Crippen molar-refractivity contribution in [3.8, 4) is 16.9 Å². The van der Waals surface area contributed by atoms with Crippen LogP contribution < -0.4 is 10.9 Å². The van der Waals surface area contributed by atoms with Gasteiger partial charge in [-0.3, -0.25) is 9.59 Å². The molecule has 174 valence electrons. The number of aliphatic hydroxyl groups excluding tert-OH is 2. The minimum Gasteiger partial charge on any atom is -0.393 e. The molecule has 3 N–H and O–H groups in total. The van der Waals surface area contributed by atoms with Gasteiger partial charge in [-0.15, -0.1) is 0 Å². The lowest BCUT2D eigenvalue weighted by Crippen LogP contribution is -2.63. The molecule has 0 saturated heterocycles. The molecule has 2 unspecified atom stereocenters. The second kappa shape index (κ2) is 9.69. The predicted molar refractivity (Wildman–Crippen MR) is 111 cm³/mol. The van der Waals surface area contributed by atoms with Gasteiger partial charge in [-0.25, -0.2) is 17.6 Å². The Morgan fingerprint density at radius 2 is 1.82 bits per heavy atom. The zero-order valence-corrected chi connectivity index (χ0v) is 17.3. The highest BCUT2D eigenvalue weighted by Gasteiger charge is 2.49. The van der Waals surface area contributed by atoms with E-state index in [1.165, 1.54) is 41.7 Å². The van der Waals surface area contributed by atoms with Gasteiger partial charge >= 0.3 is 0 Å². The van der Waals surface area contributed by atoms with E-state index in [4.69, 9.17) is 16.7 Å². The Kier molecular flexibility index (Phi) is 7.15. The number of halogens is 5. The van der Waals surface area contributed by atoms with Crippen LogP contribution >= 0.6 is 11.6 Å². The lowest BCUT2D eigenvalue weighted by molar-refractivity contribution is -0.125. The second-order valence-corrected chi connectivity index (χ2v) is 7.37. The smallest absolute Gasteiger partial charge is 0.284 e. The number of rotatable bonds is 7. The quantitative estimate of drug-likeness (QED) is 0.446. The molecule has 0 aliphatic heterocycles.